The monoisotopic (exact) mass is 348 g/mol. The van der Waals surface area contributed by atoms with Crippen LogP contribution in [0.2, 0.25) is 0 Å². The molecule has 0 spiro atoms. The number of carbonyl (C=O) groups excluding carboxylic acids is 1. The molecule has 1 aromatic rings. The Bertz CT molecular complexity index is 549. The van der Waals surface area contributed by atoms with Crippen LogP contribution >= 0.6 is 0 Å². The molecule has 2 heterocycles. The van der Waals surface area contributed by atoms with Crippen molar-refractivity contribution in [3.63, 3.8) is 0 Å². The number of pyridine rings is 1. The maximum absolute atomic E-state index is 12.8. The van der Waals surface area contributed by atoms with Gasteiger partial charge >= 0.3 is 0 Å². The van der Waals surface area contributed by atoms with Crippen molar-refractivity contribution in [3.8, 4) is 0 Å². The summed E-state index contributed by atoms with van der Waals surface area (Å²) in [5, 5.41) is 3.08. The van der Waals surface area contributed by atoms with E-state index in [1.165, 1.54) is 0 Å². The fourth-order valence-corrected chi connectivity index (χ4v) is 3.41. The highest BCUT2D eigenvalue weighted by atomic mass is 16.5. The molecule has 0 radical (unpaired) electrons. The zero-order chi connectivity index (χ0) is 18.6. The number of rotatable bonds is 6. The van der Waals surface area contributed by atoms with Crippen molar-refractivity contribution in [1.29, 1.82) is 0 Å². The molecule has 1 aromatic heterocycles. The number of nitrogens with zero attached hydrogens (tertiary/aromatic N) is 3. The fourth-order valence-electron chi connectivity index (χ4n) is 3.41. The third-order valence-corrected chi connectivity index (χ3v) is 4.48. The van der Waals surface area contributed by atoms with Gasteiger partial charge in [0.05, 0.1) is 18.2 Å². The van der Waals surface area contributed by atoms with Gasteiger partial charge in [-0.05, 0) is 31.4 Å². The van der Waals surface area contributed by atoms with E-state index >= 15 is 0 Å². The summed E-state index contributed by atoms with van der Waals surface area (Å²) in [5.41, 5.74) is 1.00. The Morgan fingerprint density at radius 3 is 2.44 bits per heavy atom. The maximum Gasteiger partial charge on any atom is 0.237 e. The van der Waals surface area contributed by atoms with Crippen LogP contribution in [0.4, 0.5) is 5.82 Å². The van der Waals surface area contributed by atoms with E-state index in [0.717, 1.165) is 24.5 Å². The summed E-state index contributed by atoms with van der Waals surface area (Å²) in [4.78, 5) is 21.4. The number of amides is 1. The minimum atomic E-state index is -0.136. The van der Waals surface area contributed by atoms with Crippen molar-refractivity contribution in [1.82, 2.24) is 15.2 Å². The molecule has 3 atom stereocenters. The molecule has 1 saturated heterocycles. The Kier molecular flexibility index (Phi) is 6.79. The molecule has 0 unspecified atom stereocenters. The van der Waals surface area contributed by atoms with E-state index in [-0.39, 0.29) is 30.1 Å². The van der Waals surface area contributed by atoms with Crippen molar-refractivity contribution in [2.75, 3.05) is 32.1 Å². The molecule has 0 aromatic carbocycles. The van der Waals surface area contributed by atoms with E-state index in [4.69, 9.17) is 4.74 Å². The van der Waals surface area contributed by atoms with Crippen molar-refractivity contribution >= 4 is 11.7 Å². The van der Waals surface area contributed by atoms with Crippen molar-refractivity contribution in [3.05, 3.63) is 23.9 Å². The lowest BCUT2D eigenvalue weighted by Gasteiger charge is -2.41. The third kappa shape index (κ3) is 5.41. The van der Waals surface area contributed by atoms with Crippen LogP contribution in [0.25, 0.3) is 0 Å². The van der Waals surface area contributed by atoms with Gasteiger partial charge in [0.1, 0.15) is 5.82 Å². The van der Waals surface area contributed by atoms with Crippen LogP contribution < -0.4 is 10.2 Å². The van der Waals surface area contributed by atoms with Gasteiger partial charge in [-0.3, -0.25) is 9.69 Å². The second-order valence-electron chi connectivity index (χ2n) is 7.54. The van der Waals surface area contributed by atoms with Crippen molar-refractivity contribution < 1.29 is 9.53 Å². The first-order chi connectivity index (χ1) is 11.8. The third-order valence-electron chi connectivity index (χ3n) is 4.48. The SMILES string of the molecule is CC(C)[C@H](C(=O)NCc1ccc(N(C)C)nc1)N1C[C@@H](C)O[C@@H](C)C1. The maximum atomic E-state index is 12.8. The molecule has 1 fully saturated rings. The number of hydrogen-bond acceptors (Lipinski definition) is 5. The smallest absolute Gasteiger partial charge is 0.237 e. The van der Waals surface area contributed by atoms with Gasteiger partial charge in [0.2, 0.25) is 5.91 Å². The second-order valence-corrected chi connectivity index (χ2v) is 7.54. The molecule has 2 rings (SSSR count). The van der Waals surface area contributed by atoms with Crippen LogP contribution in [0.3, 0.4) is 0 Å². The Morgan fingerprint density at radius 2 is 1.96 bits per heavy atom. The van der Waals surface area contributed by atoms with Crippen LogP contribution in [0, 0.1) is 5.92 Å². The molecule has 6 nitrogen and oxygen atoms in total. The number of carbonyl (C=O) groups is 1. The summed E-state index contributed by atoms with van der Waals surface area (Å²) in [6.07, 6.45) is 2.12. The molecular weight excluding hydrogens is 316 g/mol. The van der Waals surface area contributed by atoms with Crippen LogP contribution in [0.5, 0.6) is 0 Å². The summed E-state index contributed by atoms with van der Waals surface area (Å²) in [6.45, 7) is 10.4. The quantitative estimate of drug-likeness (QED) is 0.851. The number of hydrogen-bond donors (Lipinski definition) is 1. The van der Waals surface area contributed by atoms with Gasteiger partial charge in [-0.25, -0.2) is 4.98 Å². The summed E-state index contributed by atoms with van der Waals surface area (Å²) < 4.78 is 5.80. The Morgan fingerprint density at radius 1 is 1.32 bits per heavy atom. The molecule has 1 aliphatic heterocycles. The average molecular weight is 348 g/mol. The summed E-state index contributed by atoms with van der Waals surface area (Å²) in [6, 6.07) is 3.83. The van der Waals surface area contributed by atoms with Gasteiger partial charge < -0.3 is 15.0 Å². The highest BCUT2D eigenvalue weighted by Crippen LogP contribution is 2.19. The first-order valence-corrected chi connectivity index (χ1v) is 9.07. The minimum Gasteiger partial charge on any atom is -0.373 e. The zero-order valence-corrected chi connectivity index (χ0v) is 16.3. The fraction of sp³-hybridized carbons (Fsp3) is 0.684. The predicted octanol–water partition coefficient (Wildman–Crippen LogP) is 1.90. The Labute approximate surface area is 151 Å². The molecule has 0 bridgehead atoms. The lowest BCUT2D eigenvalue weighted by atomic mass is 9.99. The van der Waals surface area contributed by atoms with Gasteiger partial charge in [-0.1, -0.05) is 19.9 Å². The molecule has 0 aliphatic carbocycles. The molecule has 1 amide bonds. The van der Waals surface area contributed by atoms with Gasteiger partial charge in [0.25, 0.3) is 0 Å². The minimum absolute atomic E-state index is 0.0768. The van der Waals surface area contributed by atoms with Crippen LogP contribution in [-0.2, 0) is 16.1 Å². The molecule has 1 aliphatic rings. The standard InChI is InChI=1S/C19H32N4O2/c1-13(2)18(23-11-14(3)25-15(4)12-23)19(24)21-10-16-7-8-17(20-9-16)22(5)6/h7-9,13-15,18H,10-12H2,1-6H3,(H,21,24)/t14-,15+,18-/m1/s1. The predicted molar refractivity (Wildman–Crippen MR) is 101 cm³/mol. The van der Waals surface area contributed by atoms with Gasteiger partial charge in [-0.2, -0.15) is 0 Å². The second kappa shape index (κ2) is 8.63. The topological polar surface area (TPSA) is 57.7 Å². The molecule has 140 valence electrons. The first kappa shape index (κ1) is 19.7. The van der Waals surface area contributed by atoms with E-state index < -0.39 is 0 Å². The van der Waals surface area contributed by atoms with Crippen LogP contribution in [-0.4, -0.2) is 61.2 Å². The van der Waals surface area contributed by atoms with Gasteiger partial charge in [-0.15, -0.1) is 0 Å². The zero-order valence-electron chi connectivity index (χ0n) is 16.3. The average Bonchev–Trinajstić information content (AvgIpc) is 2.52. The summed E-state index contributed by atoms with van der Waals surface area (Å²) in [5.74, 6) is 1.23. The first-order valence-electron chi connectivity index (χ1n) is 9.07. The molecule has 1 N–H and O–H groups in total. The van der Waals surface area contributed by atoms with Crippen molar-refractivity contribution in [2.45, 2.75) is 52.5 Å². The largest absolute Gasteiger partial charge is 0.373 e. The van der Waals surface area contributed by atoms with Crippen LogP contribution in [0.15, 0.2) is 18.3 Å². The molecule has 25 heavy (non-hydrogen) atoms. The number of anilines is 1. The van der Waals surface area contributed by atoms with E-state index in [9.17, 15) is 4.79 Å². The molecular formula is C19H32N4O2. The summed E-state index contributed by atoms with van der Waals surface area (Å²) >= 11 is 0. The molecule has 6 heteroatoms. The van der Waals surface area contributed by atoms with Gasteiger partial charge in [0.15, 0.2) is 0 Å². The number of nitrogens with one attached hydrogen (secondary N) is 1. The highest BCUT2D eigenvalue weighted by Gasteiger charge is 2.33. The lowest BCUT2D eigenvalue weighted by molar-refractivity contribution is -0.135. The van der Waals surface area contributed by atoms with E-state index in [0.29, 0.717) is 6.54 Å². The highest BCUT2D eigenvalue weighted by molar-refractivity contribution is 5.82. The summed E-state index contributed by atoms with van der Waals surface area (Å²) in [7, 11) is 3.92. The van der Waals surface area contributed by atoms with Crippen molar-refractivity contribution in [2.24, 2.45) is 5.92 Å². The Hall–Kier alpha value is -1.66. The van der Waals surface area contributed by atoms with Gasteiger partial charge in [0, 0.05) is 39.9 Å². The van der Waals surface area contributed by atoms with Crippen LogP contribution in [0.1, 0.15) is 33.3 Å². The van der Waals surface area contributed by atoms with E-state index in [2.05, 4.69) is 42.9 Å². The van der Waals surface area contributed by atoms with E-state index in [1.807, 2.05) is 37.3 Å². The molecule has 0 saturated carbocycles. The number of aromatic nitrogens is 1. The lowest BCUT2D eigenvalue weighted by Crippen LogP contribution is -2.56. The number of morpholine rings is 1. The van der Waals surface area contributed by atoms with E-state index in [1.54, 1.807) is 0 Å². The normalized spacial score (nSPS) is 22.7. The Balaban J connectivity index is 1.98. The number of ether oxygens (including phenoxy) is 1.